The summed E-state index contributed by atoms with van der Waals surface area (Å²) in [5.41, 5.74) is 9.56. The minimum absolute atomic E-state index is 0.593. The summed E-state index contributed by atoms with van der Waals surface area (Å²) in [6.07, 6.45) is 1.16. The van der Waals surface area contributed by atoms with Crippen molar-refractivity contribution in [3.63, 3.8) is 0 Å². The van der Waals surface area contributed by atoms with Crippen LogP contribution in [-0.2, 0) is 13.0 Å². The predicted molar refractivity (Wildman–Crippen MR) is 79.0 cm³/mol. The second-order valence-corrected chi connectivity index (χ2v) is 5.37. The van der Waals surface area contributed by atoms with E-state index in [0.29, 0.717) is 11.7 Å². The van der Waals surface area contributed by atoms with Gasteiger partial charge in [0.15, 0.2) is 0 Å². The molecule has 0 radical (unpaired) electrons. The van der Waals surface area contributed by atoms with E-state index in [2.05, 4.69) is 41.1 Å². The molecule has 1 unspecified atom stereocenters. The van der Waals surface area contributed by atoms with Crippen molar-refractivity contribution in [1.29, 1.82) is 0 Å². The van der Waals surface area contributed by atoms with Crippen LogP contribution in [0, 0.1) is 5.92 Å². The Bertz CT molecular complexity index is 580. The van der Waals surface area contributed by atoms with Crippen molar-refractivity contribution in [2.45, 2.75) is 19.9 Å². The summed E-state index contributed by atoms with van der Waals surface area (Å²) in [7, 11) is 0. The van der Waals surface area contributed by atoms with Crippen molar-refractivity contribution < 1.29 is 0 Å². The fraction of sp³-hybridized carbons (Fsp3) is 0.312. The molecule has 2 N–H and O–H groups in total. The first kappa shape index (κ1) is 12.0. The van der Waals surface area contributed by atoms with E-state index >= 15 is 0 Å². The third-order valence-electron chi connectivity index (χ3n) is 3.61. The molecule has 0 fully saturated rings. The first-order valence-corrected chi connectivity index (χ1v) is 6.76. The number of nitrogen functional groups attached to an aromatic ring is 1. The lowest BCUT2D eigenvalue weighted by Gasteiger charge is -2.34. The smallest absolute Gasteiger partial charge is 0.123 e. The van der Waals surface area contributed by atoms with E-state index in [1.807, 2.05) is 18.2 Å². The van der Waals surface area contributed by atoms with Gasteiger partial charge in [0, 0.05) is 12.2 Å². The van der Waals surface area contributed by atoms with E-state index in [1.54, 1.807) is 0 Å². The molecular weight excluding hydrogens is 234 g/mol. The van der Waals surface area contributed by atoms with Crippen LogP contribution >= 0.6 is 0 Å². The van der Waals surface area contributed by atoms with Gasteiger partial charge in [0.25, 0.3) is 0 Å². The standard InChI is InChI=1S/C16H19N3/c1-12-9-13-5-2-3-7-15(13)19(10-12)11-14-6-4-8-16(17)18-14/h2-8,12H,9-11H2,1H3,(H2,17,18). The van der Waals surface area contributed by atoms with Crippen LogP contribution in [0.5, 0.6) is 0 Å². The normalized spacial score (nSPS) is 18.2. The zero-order valence-corrected chi connectivity index (χ0v) is 11.2. The van der Waals surface area contributed by atoms with Crippen molar-refractivity contribution in [1.82, 2.24) is 4.98 Å². The summed E-state index contributed by atoms with van der Waals surface area (Å²) in [6, 6.07) is 14.5. The van der Waals surface area contributed by atoms with Gasteiger partial charge >= 0.3 is 0 Å². The van der Waals surface area contributed by atoms with Gasteiger partial charge in [-0.2, -0.15) is 0 Å². The molecule has 0 spiro atoms. The number of benzene rings is 1. The number of hydrogen-bond acceptors (Lipinski definition) is 3. The number of fused-ring (bicyclic) bond motifs is 1. The molecule has 3 rings (SSSR count). The Morgan fingerprint density at radius 3 is 2.89 bits per heavy atom. The van der Waals surface area contributed by atoms with Gasteiger partial charge in [-0.25, -0.2) is 4.98 Å². The lowest BCUT2D eigenvalue weighted by Crippen LogP contribution is -2.34. The summed E-state index contributed by atoms with van der Waals surface area (Å²) in [6.45, 7) is 4.20. The highest BCUT2D eigenvalue weighted by atomic mass is 15.1. The summed E-state index contributed by atoms with van der Waals surface area (Å²) in [4.78, 5) is 6.81. The molecule has 19 heavy (non-hydrogen) atoms. The third-order valence-corrected chi connectivity index (χ3v) is 3.61. The monoisotopic (exact) mass is 253 g/mol. The van der Waals surface area contributed by atoms with E-state index in [0.717, 1.165) is 25.2 Å². The zero-order valence-electron chi connectivity index (χ0n) is 11.2. The number of rotatable bonds is 2. The third kappa shape index (κ3) is 2.55. The van der Waals surface area contributed by atoms with Crippen LogP contribution in [0.1, 0.15) is 18.2 Å². The zero-order chi connectivity index (χ0) is 13.2. The van der Waals surface area contributed by atoms with Gasteiger partial charge in [-0.1, -0.05) is 31.2 Å². The SMILES string of the molecule is CC1Cc2ccccc2N(Cc2cccc(N)n2)C1. The Hall–Kier alpha value is -2.03. The molecule has 0 aliphatic carbocycles. The van der Waals surface area contributed by atoms with Crippen LogP contribution in [-0.4, -0.2) is 11.5 Å². The summed E-state index contributed by atoms with van der Waals surface area (Å²) >= 11 is 0. The van der Waals surface area contributed by atoms with Crippen molar-refractivity contribution in [3.05, 3.63) is 53.7 Å². The summed E-state index contributed by atoms with van der Waals surface area (Å²) < 4.78 is 0. The Kier molecular flexibility index (Phi) is 3.11. The molecule has 2 heterocycles. The highest BCUT2D eigenvalue weighted by molar-refractivity contribution is 5.56. The number of aromatic nitrogens is 1. The molecule has 0 saturated heterocycles. The van der Waals surface area contributed by atoms with Crippen molar-refractivity contribution >= 4 is 11.5 Å². The molecule has 1 aromatic carbocycles. The highest BCUT2D eigenvalue weighted by Crippen LogP contribution is 2.30. The summed E-state index contributed by atoms with van der Waals surface area (Å²) in [5.74, 6) is 1.27. The van der Waals surface area contributed by atoms with Crippen molar-refractivity contribution in [2.75, 3.05) is 17.2 Å². The van der Waals surface area contributed by atoms with Gasteiger partial charge in [0.1, 0.15) is 5.82 Å². The lowest BCUT2D eigenvalue weighted by molar-refractivity contribution is 0.528. The number of anilines is 2. The molecule has 2 aromatic rings. The molecule has 98 valence electrons. The predicted octanol–water partition coefficient (Wildman–Crippen LogP) is 2.86. The quantitative estimate of drug-likeness (QED) is 0.895. The van der Waals surface area contributed by atoms with Gasteiger partial charge in [-0.05, 0) is 36.1 Å². The van der Waals surface area contributed by atoms with Crippen LogP contribution < -0.4 is 10.6 Å². The molecule has 0 bridgehead atoms. The van der Waals surface area contributed by atoms with E-state index in [-0.39, 0.29) is 0 Å². The molecular formula is C16H19N3. The van der Waals surface area contributed by atoms with Gasteiger partial charge in [-0.15, -0.1) is 0 Å². The molecule has 0 saturated carbocycles. The van der Waals surface area contributed by atoms with Gasteiger partial charge in [0.05, 0.1) is 12.2 Å². The molecule has 3 nitrogen and oxygen atoms in total. The van der Waals surface area contributed by atoms with Crippen LogP contribution in [0.3, 0.4) is 0 Å². The molecule has 1 aliphatic heterocycles. The van der Waals surface area contributed by atoms with Crippen molar-refractivity contribution in [3.8, 4) is 0 Å². The minimum Gasteiger partial charge on any atom is -0.384 e. The van der Waals surface area contributed by atoms with Gasteiger partial charge in [0.2, 0.25) is 0 Å². The second-order valence-electron chi connectivity index (χ2n) is 5.37. The van der Waals surface area contributed by atoms with E-state index in [9.17, 15) is 0 Å². The second kappa shape index (κ2) is 4.92. The van der Waals surface area contributed by atoms with Crippen LogP contribution in [0.25, 0.3) is 0 Å². The number of hydrogen-bond donors (Lipinski definition) is 1. The van der Waals surface area contributed by atoms with Gasteiger partial charge < -0.3 is 10.6 Å². The van der Waals surface area contributed by atoms with Crippen LogP contribution in [0.15, 0.2) is 42.5 Å². The number of para-hydroxylation sites is 1. The number of pyridine rings is 1. The topological polar surface area (TPSA) is 42.1 Å². The lowest BCUT2D eigenvalue weighted by atomic mass is 9.94. The fourth-order valence-corrected chi connectivity index (χ4v) is 2.84. The number of nitrogens with zero attached hydrogens (tertiary/aromatic N) is 2. The maximum atomic E-state index is 5.76. The maximum absolute atomic E-state index is 5.76. The van der Waals surface area contributed by atoms with Gasteiger partial charge in [-0.3, -0.25) is 0 Å². The van der Waals surface area contributed by atoms with Crippen LogP contribution in [0.4, 0.5) is 11.5 Å². The van der Waals surface area contributed by atoms with E-state index in [4.69, 9.17) is 5.73 Å². The number of nitrogens with two attached hydrogens (primary N) is 1. The summed E-state index contributed by atoms with van der Waals surface area (Å²) in [5, 5.41) is 0. The Morgan fingerprint density at radius 1 is 1.21 bits per heavy atom. The average Bonchev–Trinajstić information content (AvgIpc) is 2.38. The minimum atomic E-state index is 0.593. The average molecular weight is 253 g/mol. The Labute approximate surface area is 114 Å². The molecule has 1 aliphatic rings. The highest BCUT2D eigenvalue weighted by Gasteiger charge is 2.21. The first-order valence-electron chi connectivity index (χ1n) is 6.76. The Morgan fingerprint density at radius 2 is 2.05 bits per heavy atom. The fourth-order valence-electron chi connectivity index (χ4n) is 2.84. The maximum Gasteiger partial charge on any atom is 0.123 e. The molecule has 0 amide bonds. The van der Waals surface area contributed by atoms with E-state index < -0.39 is 0 Å². The van der Waals surface area contributed by atoms with Crippen molar-refractivity contribution in [2.24, 2.45) is 5.92 Å². The molecule has 1 aromatic heterocycles. The van der Waals surface area contributed by atoms with Crippen LogP contribution in [0.2, 0.25) is 0 Å². The largest absolute Gasteiger partial charge is 0.384 e. The van der Waals surface area contributed by atoms with E-state index in [1.165, 1.54) is 11.3 Å². The first-order chi connectivity index (χ1) is 9.22. The molecule has 1 atom stereocenters. The molecule has 3 heteroatoms. The Balaban J connectivity index is 1.89.